The van der Waals surface area contributed by atoms with Gasteiger partial charge >= 0.3 is 0 Å². The average molecular weight is 369 g/mol. The highest BCUT2D eigenvalue weighted by Crippen LogP contribution is 2.29. The third-order valence-corrected chi connectivity index (χ3v) is 4.03. The summed E-state index contributed by atoms with van der Waals surface area (Å²) in [4.78, 5) is 0. The Hall–Kier alpha value is -1.52. The Bertz CT molecular complexity index is 802. The van der Waals surface area contributed by atoms with Gasteiger partial charge in [-0.2, -0.15) is 0 Å². The number of benzene rings is 2. The Balaban J connectivity index is 1.85. The molecule has 0 aliphatic carbocycles. The van der Waals surface area contributed by atoms with Crippen LogP contribution in [0, 0.1) is 5.82 Å². The maximum absolute atomic E-state index is 13.4. The largest absolute Gasteiger partial charge is 0.459 e. The van der Waals surface area contributed by atoms with E-state index in [0.717, 1.165) is 21.2 Å². The Morgan fingerprint density at radius 2 is 2.00 bits per heavy atom. The second-order valence-corrected chi connectivity index (χ2v) is 6.15. The fourth-order valence-electron chi connectivity index (χ4n) is 2.16. The zero-order valence-electron chi connectivity index (χ0n) is 11.2. The normalized spacial score (nSPS) is 12.6. The van der Waals surface area contributed by atoms with Gasteiger partial charge in [-0.25, -0.2) is 4.39 Å². The summed E-state index contributed by atoms with van der Waals surface area (Å²) in [5.41, 5.74) is 1.48. The first-order valence-corrected chi connectivity index (χ1v) is 7.60. The van der Waals surface area contributed by atoms with Crippen LogP contribution in [0.15, 0.2) is 51.4 Å². The number of nitrogens with one attached hydrogen (secondary N) is 1. The predicted molar refractivity (Wildman–Crippen MR) is 87.4 cm³/mol. The SMILES string of the molecule is CC(Nc1ccc(Cl)c(F)c1)c1cc2cc(Br)ccc2o1. The minimum absolute atomic E-state index is 0.0863. The van der Waals surface area contributed by atoms with E-state index in [1.807, 2.05) is 31.2 Å². The third kappa shape index (κ3) is 3.06. The summed E-state index contributed by atoms with van der Waals surface area (Å²) in [7, 11) is 0. The van der Waals surface area contributed by atoms with Gasteiger partial charge in [-0.1, -0.05) is 27.5 Å². The third-order valence-electron chi connectivity index (χ3n) is 3.23. The summed E-state index contributed by atoms with van der Waals surface area (Å²) in [6.45, 7) is 1.96. The van der Waals surface area contributed by atoms with Crippen molar-refractivity contribution in [1.29, 1.82) is 0 Å². The number of halogens is 3. The van der Waals surface area contributed by atoms with Crippen LogP contribution in [0.1, 0.15) is 18.7 Å². The lowest BCUT2D eigenvalue weighted by Gasteiger charge is -2.13. The van der Waals surface area contributed by atoms with Crippen LogP contribution in [0.2, 0.25) is 5.02 Å². The van der Waals surface area contributed by atoms with Crippen LogP contribution in [0.25, 0.3) is 11.0 Å². The highest BCUT2D eigenvalue weighted by atomic mass is 79.9. The topological polar surface area (TPSA) is 25.2 Å². The van der Waals surface area contributed by atoms with Crippen LogP contribution >= 0.6 is 27.5 Å². The molecule has 0 aliphatic heterocycles. The molecule has 3 rings (SSSR count). The molecule has 0 aliphatic rings. The van der Waals surface area contributed by atoms with Crippen molar-refractivity contribution in [2.24, 2.45) is 0 Å². The molecule has 3 aromatic rings. The summed E-state index contributed by atoms with van der Waals surface area (Å²) in [5, 5.41) is 4.33. The van der Waals surface area contributed by atoms with Crippen LogP contribution in [0.4, 0.5) is 10.1 Å². The second kappa shape index (κ2) is 5.70. The molecule has 1 N–H and O–H groups in total. The van der Waals surface area contributed by atoms with E-state index in [0.29, 0.717) is 5.69 Å². The van der Waals surface area contributed by atoms with Crippen molar-refractivity contribution >= 4 is 44.2 Å². The van der Waals surface area contributed by atoms with Crippen LogP contribution in [0.3, 0.4) is 0 Å². The fourth-order valence-corrected chi connectivity index (χ4v) is 2.65. The maximum atomic E-state index is 13.4. The summed E-state index contributed by atoms with van der Waals surface area (Å²) < 4.78 is 20.3. The van der Waals surface area contributed by atoms with Gasteiger partial charge in [-0.15, -0.1) is 0 Å². The lowest BCUT2D eigenvalue weighted by Crippen LogP contribution is -2.05. The molecule has 5 heteroatoms. The smallest absolute Gasteiger partial charge is 0.143 e. The van der Waals surface area contributed by atoms with E-state index >= 15 is 0 Å². The second-order valence-electron chi connectivity index (χ2n) is 4.83. The van der Waals surface area contributed by atoms with E-state index in [2.05, 4.69) is 21.2 Å². The van der Waals surface area contributed by atoms with E-state index in [4.69, 9.17) is 16.0 Å². The Labute approximate surface area is 135 Å². The molecule has 1 unspecified atom stereocenters. The van der Waals surface area contributed by atoms with Crippen LogP contribution in [0.5, 0.6) is 0 Å². The van der Waals surface area contributed by atoms with Crippen LogP contribution in [-0.4, -0.2) is 0 Å². The summed E-state index contributed by atoms with van der Waals surface area (Å²) in [5.74, 6) is 0.348. The van der Waals surface area contributed by atoms with Gasteiger partial charge in [0.25, 0.3) is 0 Å². The minimum atomic E-state index is -0.442. The standard InChI is InChI=1S/C16H12BrClFNO/c1-9(20-12-3-4-13(18)14(19)8-12)16-7-10-6-11(17)2-5-15(10)21-16/h2-9,20H,1H3. The average Bonchev–Trinajstić information content (AvgIpc) is 2.86. The van der Waals surface area contributed by atoms with Gasteiger partial charge in [-0.05, 0) is 49.4 Å². The van der Waals surface area contributed by atoms with Crippen molar-refractivity contribution in [1.82, 2.24) is 0 Å². The highest BCUT2D eigenvalue weighted by molar-refractivity contribution is 9.10. The molecular weight excluding hydrogens is 357 g/mol. The van der Waals surface area contributed by atoms with Crippen LogP contribution in [-0.2, 0) is 0 Å². The number of furan rings is 1. The van der Waals surface area contributed by atoms with Crippen molar-refractivity contribution in [2.45, 2.75) is 13.0 Å². The maximum Gasteiger partial charge on any atom is 0.143 e. The Morgan fingerprint density at radius 3 is 2.76 bits per heavy atom. The first-order chi connectivity index (χ1) is 10.0. The molecule has 0 amide bonds. The molecule has 1 atom stereocenters. The number of hydrogen-bond donors (Lipinski definition) is 1. The molecule has 2 aromatic carbocycles. The quantitative estimate of drug-likeness (QED) is 0.599. The fraction of sp³-hybridized carbons (Fsp3) is 0.125. The van der Waals surface area contributed by atoms with Gasteiger partial charge in [0.05, 0.1) is 11.1 Å². The molecule has 1 aromatic heterocycles. The minimum Gasteiger partial charge on any atom is -0.459 e. The number of hydrogen-bond acceptors (Lipinski definition) is 2. The summed E-state index contributed by atoms with van der Waals surface area (Å²) in [6, 6.07) is 12.4. The lowest BCUT2D eigenvalue weighted by atomic mass is 10.2. The monoisotopic (exact) mass is 367 g/mol. The van der Waals surface area contributed by atoms with Crippen molar-refractivity contribution in [3.8, 4) is 0 Å². The predicted octanol–water partition coefficient (Wildman–Crippen LogP) is 6.16. The molecule has 108 valence electrons. The zero-order chi connectivity index (χ0) is 15.0. The molecule has 2 nitrogen and oxygen atoms in total. The van der Waals surface area contributed by atoms with Crippen molar-refractivity contribution in [3.05, 3.63) is 63.5 Å². The highest BCUT2D eigenvalue weighted by Gasteiger charge is 2.12. The van der Waals surface area contributed by atoms with Gasteiger partial charge in [0.15, 0.2) is 0 Å². The van der Waals surface area contributed by atoms with E-state index in [1.165, 1.54) is 12.1 Å². The first kappa shape index (κ1) is 14.4. The number of fused-ring (bicyclic) bond motifs is 1. The van der Waals surface area contributed by atoms with Crippen molar-refractivity contribution in [2.75, 3.05) is 5.32 Å². The van der Waals surface area contributed by atoms with E-state index in [-0.39, 0.29) is 11.1 Å². The Kier molecular flexibility index (Phi) is 3.91. The molecule has 0 saturated heterocycles. The number of anilines is 1. The van der Waals surface area contributed by atoms with Gasteiger partial charge in [-0.3, -0.25) is 0 Å². The van der Waals surface area contributed by atoms with E-state index < -0.39 is 5.82 Å². The molecule has 0 bridgehead atoms. The van der Waals surface area contributed by atoms with Gasteiger partial charge in [0.1, 0.15) is 17.2 Å². The van der Waals surface area contributed by atoms with E-state index in [9.17, 15) is 4.39 Å². The zero-order valence-corrected chi connectivity index (χ0v) is 13.5. The molecular formula is C16H12BrClFNO. The summed E-state index contributed by atoms with van der Waals surface area (Å²) in [6.07, 6.45) is 0. The molecule has 0 saturated carbocycles. The lowest BCUT2D eigenvalue weighted by molar-refractivity contribution is 0.526. The van der Waals surface area contributed by atoms with Crippen LogP contribution < -0.4 is 5.32 Å². The van der Waals surface area contributed by atoms with Gasteiger partial charge in [0.2, 0.25) is 0 Å². The van der Waals surface area contributed by atoms with E-state index in [1.54, 1.807) is 6.07 Å². The molecule has 0 spiro atoms. The van der Waals surface area contributed by atoms with Crippen molar-refractivity contribution in [3.63, 3.8) is 0 Å². The molecule has 0 radical (unpaired) electrons. The molecule has 0 fully saturated rings. The molecule has 1 heterocycles. The van der Waals surface area contributed by atoms with Gasteiger partial charge in [0, 0.05) is 15.5 Å². The van der Waals surface area contributed by atoms with Gasteiger partial charge < -0.3 is 9.73 Å². The van der Waals surface area contributed by atoms with Crippen molar-refractivity contribution < 1.29 is 8.81 Å². The summed E-state index contributed by atoms with van der Waals surface area (Å²) >= 11 is 9.11. The first-order valence-electron chi connectivity index (χ1n) is 6.43. The Morgan fingerprint density at radius 1 is 1.19 bits per heavy atom. The molecule has 21 heavy (non-hydrogen) atoms. The number of rotatable bonds is 3.